The van der Waals surface area contributed by atoms with Crippen molar-refractivity contribution in [3.8, 4) is 0 Å². The van der Waals surface area contributed by atoms with Gasteiger partial charge in [0, 0.05) is 19.1 Å². The highest BCUT2D eigenvalue weighted by Crippen LogP contribution is 2.14. The van der Waals surface area contributed by atoms with Crippen LogP contribution in [0.25, 0.3) is 0 Å². The van der Waals surface area contributed by atoms with Crippen LogP contribution in [0.2, 0.25) is 0 Å². The highest BCUT2D eigenvalue weighted by molar-refractivity contribution is 5.45. The van der Waals surface area contributed by atoms with Gasteiger partial charge in [-0.3, -0.25) is 9.69 Å². The van der Waals surface area contributed by atoms with E-state index < -0.39 is 0 Å². The minimum Gasteiger partial charge on any atom is -0.357 e. The Hall–Kier alpha value is -0.570. The number of carbonyl (C=O) groups is 1. The Morgan fingerprint density at radius 3 is 3.08 bits per heavy atom. The van der Waals surface area contributed by atoms with Gasteiger partial charge in [0.1, 0.15) is 0 Å². The monoisotopic (exact) mass is 170 g/mol. The third kappa shape index (κ3) is 2.81. The van der Waals surface area contributed by atoms with Crippen LogP contribution in [0.1, 0.15) is 26.2 Å². The molecule has 1 aliphatic rings. The molecule has 1 N–H and O–H groups in total. The predicted octanol–water partition coefficient (Wildman–Crippen LogP) is 0.607. The molecule has 1 atom stereocenters. The van der Waals surface area contributed by atoms with Crippen molar-refractivity contribution in [3.05, 3.63) is 0 Å². The van der Waals surface area contributed by atoms with Crippen LogP contribution in [0.5, 0.6) is 0 Å². The Kier molecular flexibility index (Phi) is 4.08. The largest absolute Gasteiger partial charge is 0.357 e. The molecule has 3 nitrogen and oxygen atoms in total. The lowest BCUT2D eigenvalue weighted by atomic mass is 10.0. The van der Waals surface area contributed by atoms with Gasteiger partial charge in [-0.05, 0) is 26.3 Å². The lowest BCUT2D eigenvalue weighted by Gasteiger charge is -2.33. The van der Waals surface area contributed by atoms with Crippen molar-refractivity contribution in [2.24, 2.45) is 0 Å². The number of likely N-dealkylation sites (tertiary alicyclic amines) is 1. The van der Waals surface area contributed by atoms with Gasteiger partial charge in [-0.2, -0.15) is 0 Å². The van der Waals surface area contributed by atoms with E-state index in [9.17, 15) is 4.79 Å². The summed E-state index contributed by atoms with van der Waals surface area (Å²) in [6.45, 7) is 5.25. The molecule has 0 spiro atoms. The molecule has 12 heavy (non-hydrogen) atoms. The number of nitrogens with zero attached hydrogens (tertiary/aromatic N) is 1. The summed E-state index contributed by atoms with van der Waals surface area (Å²) in [6, 6.07) is 0.701. The normalized spacial score (nSPS) is 25.2. The maximum atomic E-state index is 10.00. The van der Waals surface area contributed by atoms with Crippen LogP contribution in [0.15, 0.2) is 0 Å². The van der Waals surface area contributed by atoms with E-state index in [0.717, 1.165) is 19.5 Å². The minimum absolute atomic E-state index is 0.701. The molecule has 1 aliphatic heterocycles. The van der Waals surface area contributed by atoms with Crippen molar-refractivity contribution in [3.63, 3.8) is 0 Å². The number of amides is 1. The van der Waals surface area contributed by atoms with Crippen LogP contribution in [-0.2, 0) is 4.79 Å². The molecule has 0 radical (unpaired) electrons. The van der Waals surface area contributed by atoms with E-state index in [1.54, 1.807) is 0 Å². The van der Waals surface area contributed by atoms with E-state index in [1.807, 2.05) is 0 Å². The Balaban J connectivity index is 2.15. The molecule has 70 valence electrons. The number of rotatable bonds is 4. The van der Waals surface area contributed by atoms with Gasteiger partial charge >= 0.3 is 0 Å². The molecule has 0 saturated carbocycles. The first-order valence-corrected chi connectivity index (χ1v) is 4.75. The second-order valence-corrected chi connectivity index (χ2v) is 3.45. The second-order valence-electron chi connectivity index (χ2n) is 3.45. The average molecular weight is 170 g/mol. The molecule has 1 heterocycles. The van der Waals surface area contributed by atoms with Crippen molar-refractivity contribution in [2.75, 3.05) is 19.6 Å². The van der Waals surface area contributed by atoms with Crippen molar-refractivity contribution in [2.45, 2.75) is 32.2 Å². The fourth-order valence-electron chi connectivity index (χ4n) is 1.76. The summed E-state index contributed by atoms with van der Waals surface area (Å²) in [5.74, 6) is 0. The number of hydrogen-bond donors (Lipinski definition) is 1. The van der Waals surface area contributed by atoms with Crippen LogP contribution in [-0.4, -0.2) is 37.0 Å². The maximum Gasteiger partial charge on any atom is 0.207 e. The predicted molar refractivity (Wildman–Crippen MR) is 49.0 cm³/mol. The smallest absolute Gasteiger partial charge is 0.207 e. The zero-order valence-corrected chi connectivity index (χ0v) is 7.75. The van der Waals surface area contributed by atoms with Crippen LogP contribution in [0.3, 0.4) is 0 Å². The van der Waals surface area contributed by atoms with Gasteiger partial charge in [0.25, 0.3) is 0 Å². The van der Waals surface area contributed by atoms with E-state index in [0.29, 0.717) is 6.04 Å². The van der Waals surface area contributed by atoms with Crippen LogP contribution in [0, 0.1) is 0 Å². The van der Waals surface area contributed by atoms with E-state index in [2.05, 4.69) is 17.1 Å². The average Bonchev–Trinajstić information content (AvgIpc) is 2.09. The number of nitrogens with one attached hydrogen (secondary N) is 1. The molecule has 0 aliphatic carbocycles. The topological polar surface area (TPSA) is 32.3 Å². The van der Waals surface area contributed by atoms with Crippen LogP contribution >= 0.6 is 0 Å². The Morgan fingerprint density at radius 1 is 1.58 bits per heavy atom. The van der Waals surface area contributed by atoms with Crippen LogP contribution in [0.4, 0.5) is 0 Å². The van der Waals surface area contributed by atoms with Gasteiger partial charge < -0.3 is 5.32 Å². The molecule has 0 aromatic rings. The summed E-state index contributed by atoms with van der Waals surface area (Å²) in [7, 11) is 0. The molecule has 1 amide bonds. The minimum atomic E-state index is 0.701. The molecule has 0 aromatic carbocycles. The van der Waals surface area contributed by atoms with Gasteiger partial charge in [0.15, 0.2) is 0 Å². The molecule has 3 heteroatoms. The molecule has 0 bridgehead atoms. The standard InChI is InChI=1S/C9H18N2O/c1-9-4-2-3-6-11(9)7-5-10-8-12/h8-9H,2-7H2,1H3,(H,10,12)/t9-/m0/s1. The van der Waals surface area contributed by atoms with E-state index in [-0.39, 0.29) is 0 Å². The SMILES string of the molecule is C[C@H]1CCCCN1CCNC=O. The van der Waals surface area contributed by atoms with Crippen LogP contribution < -0.4 is 5.32 Å². The fraction of sp³-hybridized carbons (Fsp3) is 0.889. The molecular formula is C9H18N2O. The van der Waals surface area contributed by atoms with Crippen molar-refractivity contribution in [1.29, 1.82) is 0 Å². The molecule has 0 unspecified atom stereocenters. The molecule has 1 saturated heterocycles. The van der Waals surface area contributed by atoms with Gasteiger partial charge in [-0.15, -0.1) is 0 Å². The van der Waals surface area contributed by atoms with Gasteiger partial charge in [-0.25, -0.2) is 0 Å². The van der Waals surface area contributed by atoms with Crippen molar-refractivity contribution < 1.29 is 4.79 Å². The Bertz CT molecular complexity index is 138. The lowest BCUT2D eigenvalue weighted by Crippen LogP contribution is -2.41. The quantitative estimate of drug-likeness (QED) is 0.495. The first kappa shape index (κ1) is 9.52. The number of carbonyl (C=O) groups excluding carboxylic acids is 1. The molecule has 1 rings (SSSR count). The first-order valence-electron chi connectivity index (χ1n) is 4.75. The highest BCUT2D eigenvalue weighted by atomic mass is 16.1. The number of hydrogen-bond acceptors (Lipinski definition) is 2. The zero-order chi connectivity index (χ0) is 8.81. The molecule has 0 aromatic heterocycles. The number of piperidine rings is 1. The highest BCUT2D eigenvalue weighted by Gasteiger charge is 2.16. The third-order valence-corrected chi connectivity index (χ3v) is 2.57. The van der Waals surface area contributed by atoms with Gasteiger partial charge in [0.05, 0.1) is 0 Å². The van der Waals surface area contributed by atoms with E-state index in [1.165, 1.54) is 25.8 Å². The maximum absolute atomic E-state index is 10.00. The summed E-state index contributed by atoms with van der Waals surface area (Å²) in [4.78, 5) is 12.4. The second kappa shape index (κ2) is 5.14. The van der Waals surface area contributed by atoms with E-state index >= 15 is 0 Å². The zero-order valence-electron chi connectivity index (χ0n) is 7.75. The van der Waals surface area contributed by atoms with Crippen molar-refractivity contribution in [1.82, 2.24) is 10.2 Å². The lowest BCUT2D eigenvalue weighted by molar-refractivity contribution is -0.109. The Morgan fingerprint density at radius 2 is 2.42 bits per heavy atom. The summed E-state index contributed by atoms with van der Waals surface area (Å²) in [5.41, 5.74) is 0. The molecular weight excluding hydrogens is 152 g/mol. The van der Waals surface area contributed by atoms with Gasteiger partial charge in [0.2, 0.25) is 6.41 Å². The summed E-state index contributed by atoms with van der Waals surface area (Å²) in [5, 5.41) is 2.69. The summed E-state index contributed by atoms with van der Waals surface area (Å²) in [6.07, 6.45) is 4.75. The fourth-order valence-corrected chi connectivity index (χ4v) is 1.76. The third-order valence-electron chi connectivity index (χ3n) is 2.57. The first-order chi connectivity index (χ1) is 5.84. The molecule has 1 fully saturated rings. The van der Waals surface area contributed by atoms with E-state index in [4.69, 9.17) is 0 Å². The van der Waals surface area contributed by atoms with Crippen molar-refractivity contribution >= 4 is 6.41 Å². The summed E-state index contributed by atoms with van der Waals surface area (Å²) >= 11 is 0. The van der Waals surface area contributed by atoms with Gasteiger partial charge in [-0.1, -0.05) is 6.42 Å². The summed E-state index contributed by atoms with van der Waals surface area (Å²) < 4.78 is 0. The Labute approximate surface area is 74.1 Å².